The molecule has 0 fully saturated rings. The molecular weight excluding hydrogens is 322 g/mol. The minimum atomic E-state index is -2.01. The van der Waals surface area contributed by atoms with Crippen LogP contribution in [0.5, 0.6) is 17.2 Å². The predicted molar refractivity (Wildman–Crippen MR) is 83.7 cm³/mol. The Balaban J connectivity index is 3.37. The van der Waals surface area contributed by atoms with Crippen LogP contribution in [0.15, 0.2) is 17.8 Å². The minimum Gasteiger partial charge on any atom is -0.493 e. The summed E-state index contributed by atoms with van der Waals surface area (Å²) in [4.78, 5) is 21.9. The summed E-state index contributed by atoms with van der Waals surface area (Å²) < 4.78 is 20.0. The first-order valence-corrected chi connectivity index (χ1v) is 6.90. The molecule has 1 aromatic carbocycles. The first-order valence-electron chi connectivity index (χ1n) is 6.90. The molecule has 0 saturated carbocycles. The van der Waals surface area contributed by atoms with E-state index in [1.54, 1.807) is 0 Å². The van der Waals surface area contributed by atoms with E-state index in [1.165, 1.54) is 40.4 Å². The van der Waals surface area contributed by atoms with Gasteiger partial charge in [0.2, 0.25) is 11.9 Å². The van der Waals surface area contributed by atoms with Gasteiger partial charge in [-0.05, 0) is 24.6 Å². The minimum absolute atomic E-state index is 0.00886. The summed E-state index contributed by atoms with van der Waals surface area (Å²) in [7, 11) is 4.21. The van der Waals surface area contributed by atoms with E-state index < -0.39 is 22.7 Å². The van der Waals surface area contributed by atoms with Crippen LogP contribution in [0.4, 0.5) is 0 Å². The third-order valence-corrected chi connectivity index (χ3v) is 3.00. The van der Waals surface area contributed by atoms with Crippen molar-refractivity contribution in [2.24, 2.45) is 0 Å². The van der Waals surface area contributed by atoms with E-state index in [0.717, 1.165) is 6.08 Å². The van der Waals surface area contributed by atoms with Crippen molar-refractivity contribution in [3.8, 4) is 17.2 Å². The van der Waals surface area contributed by atoms with Gasteiger partial charge in [-0.1, -0.05) is 0 Å². The monoisotopic (exact) mass is 341 g/mol. The number of aliphatic hydroxyl groups excluding tert-OH is 1. The van der Waals surface area contributed by atoms with E-state index in [1.807, 2.05) is 0 Å². The second-order valence-electron chi connectivity index (χ2n) is 4.44. The van der Waals surface area contributed by atoms with Crippen LogP contribution < -0.4 is 14.2 Å². The van der Waals surface area contributed by atoms with Gasteiger partial charge in [-0.25, -0.2) is 4.79 Å². The van der Waals surface area contributed by atoms with Crippen molar-refractivity contribution in [3.05, 3.63) is 33.5 Å². The van der Waals surface area contributed by atoms with Crippen molar-refractivity contribution in [1.29, 1.82) is 0 Å². The molecule has 1 rings (SSSR count). The van der Waals surface area contributed by atoms with Gasteiger partial charge in [-0.15, -0.1) is 0 Å². The van der Waals surface area contributed by atoms with Crippen LogP contribution in [0, 0.1) is 10.1 Å². The summed E-state index contributed by atoms with van der Waals surface area (Å²) in [5.41, 5.74) is -0.456. The average molecular weight is 341 g/mol. The summed E-state index contributed by atoms with van der Waals surface area (Å²) in [5.74, 6) is -0.244. The molecule has 1 unspecified atom stereocenters. The maximum atomic E-state index is 11.5. The van der Waals surface area contributed by atoms with E-state index in [-0.39, 0.29) is 23.7 Å². The lowest BCUT2D eigenvalue weighted by atomic mass is 10.1. The van der Waals surface area contributed by atoms with Crippen LogP contribution in [-0.4, -0.2) is 50.0 Å². The molecule has 0 saturated heterocycles. The summed E-state index contributed by atoms with van der Waals surface area (Å²) >= 11 is 0. The van der Waals surface area contributed by atoms with Crippen LogP contribution in [-0.2, 0) is 9.53 Å². The van der Waals surface area contributed by atoms with Crippen molar-refractivity contribution < 1.29 is 33.8 Å². The van der Waals surface area contributed by atoms with Crippen molar-refractivity contribution in [2.75, 3.05) is 27.9 Å². The number of esters is 1. The number of rotatable bonds is 8. The number of nitro groups is 1. The number of benzene rings is 1. The van der Waals surface area contributed by atoms with Gasteiger partial charge in [0.05, 0.1) is 32.9 Å². The third-order valence-electron chi connectivity index (χ3n) is 3.00. The lowest BCUT2D eigenvalue weighted by Gasteiger charge is -2.13. The lowest BCUT2D eigenvalue weighted by Crippen LogP contribution is -2.28. The Morgan fingerprint density at radius 1 is 1.25 bits per heavy atom. The number of carbonyl (C=O) groups is 1. The van der Waals surface area contributed by atoms with Crippen molar-refractivity contribution >= 4 is 12.0 Å². The maximum absolute atomic E-state index is 11.5. The van der Waals surface area contributed by atoms with Gasteiger partial charge in [0, 0.05) is 6.08 Å². The molecule has 0 amide bonds. The number of hydrogen-bond donors (Lipinski definition) is 1. The molecule has 0 bridgehead atoms. The van der Waals surface area contributed by atoms with Crippen LogP contribution in [0.2, 0.25) is 0 Å². The van der Waals surface area contributed by atoms with Crippen LogP contribution in [0.1, 0.15) is 12.5 Å². The highest BCUT2D eigenvalue weighted by Crippen LogP contribution is 2.38. The Hall–Kier alpha value is -2.81. The van der Waals surface area contributed by atoms with E-state index in [4.69, 9.17) is 14.2 Å². The topological polar surface area (TPSA) is 117 Å². The molecule has 0 aliphatic rings. The fraction of sp³-hybridized carbons (Fsp3) is 0.400. The van der Waals surface area contributed by atoms with Gasteiger partial charge in [0.1, 0.15) is 0 Å². The summed E-state index contributed by atoms with van der Waals surface area (Å²) in [6, 6.07) is 2.89. The molecule has 0 radical (unpaired) electrons. The Morgan fingerprint density at radius 3 is 2.17 bits per heavy atom. The number of hydrogen-bond acceptors (Lipinski definition) is 8. The van der Waals surface area contributed by atoms with Crippen molar-refractivity contribution in [2.45, 2.75) is 13.0 Å². The third kappa shape index (κ3) is 4.35. The molecule has 0 aliphatic carbocycles. The Morgan fingerprint density at radius 2 is 1.79 bits per heavy atom. The first-order chi connectivity index (χ1) is 11.4. The SMILES string of the molecule is CCOC(=O)C(O)/C(=C\c1cc(OC)c(OC)c(OC)c1)[N+](=O)[O-]. The van der Waals surface area contributed by atoms with E-state index in [0.29, 0.717) is 5.75 Å². The Kier molecular flexibility index (Phi) is 6.99. The molecule has 9 heteroatoms. The van der Waals surface area contributed by atoms with Crippen LogP contribution >= 0.6 is 0 Å². The van der Waals surface area contributed by atoms with E-state index in [9.17, 15) is 20.0 Å². The zero-order valence-electron chi connectivity index (χ0n) is 13.8. The summed E-state index contributed by atoms with van der Waals surface area (Å²) in [5, 5.41) is 21.0. The van der Waals surface area contributed by atoms with Gasteiger partial charge in [0.15, 0.2) is 11.5 Å². The highest BCUT2D eigenvalue weighted by atomic mass is 16.6. The first kappa shape index (κ1) is 19.2. The van der Waals surface area contributed by atoms with E-state index >= 15 is 0 Å². The average Bonchev–Trinajstić information content (AvgIpc) is 2.57. The van der Waals surface area contributed by atoms with Crippen LogP contribution in [0.25, 0.3) is 6.08 Å². The Bertz CT molecular complexity index is 615. The van der Waals surface area contributed by atoms with Crippen molar-refractivity contribution in [1.82, 2.24) is 0 Å². The zero-order valence-corrected chi connectivity index (χ0v) is 13.8. The standard InChI is InChI=1S/C15H19NO8/c1-5-24-15(18)13(17)10(16(19)20)6-9-7-11(21-2)14(23-4)12(8-9)22-3/h6-8,13,17H,5H2,1-4H3/b10-6+. The number of aliphatic hydroxyl groups is 1. The van der Waals surface area contributed by atoms with Gasteiger partial charge in [-0.3, -0.25) is 10.1 Å². The number of methoxy groups -OCH3 is 3. The largest absolute Gasteiger partial charge is 0.493 e. The fourth-order valence-electron chi connectivity index (χ4n) is 1.93. The van der Waals surface area contributed by atoms with Gasteiger partial charge in [-0.2, -0.15) is 0 Å². The fourth-order valence-corrected chi connectivity index (χ4v) is 1.93. The number of carbonyl (C=O) groups excluding carboxylic acids is 1. The molecule has 1 N–H and O–H groups in total. The van der Waals surface area contributed by atoms with Crippen LogP contribution in [0.3, 0.4) is 0 Å². The molecule has 0 spiro atoms. The summed E-state index contributed by atoms with van der Waals surface area (Å²) in [6.45, 7) is 1.52. The highest BCUT2D eigenvalue weighted by molar-refractivity contribution is 5.79. The number of ether oxygens (including phenoxy) is 4. The second kappa shape index (κ2) is 8.73. The molecule has 0 heterocycles. The highest BCUT2D eigenvalue weighted by Gasteiger charge is 2.31. The van der Waals surface area contributed by atoms with Crippen molar-refractivity contribution in [3.63, 3.8) is 0 Å². The second-order valence-corrected chi connectivity index (χ2v) is 4.44. The van der Waals surface area contributed by atoms with Gasteiger partial charge < -0.3 is 24.1 Å². The Labute approximate surface area is 138 Å². The quantitative estimate of drug-likeness (QED) is 0.426. The molecule has 9 nitrogen and oxygen atoms in total. The molecule has 1 atom stereocenters. The summed E-state index contributed by atoms with van der Waals surface area (Å²) in [6.07, 6.45) is -0.981. The molecule has 1 aromatic rings. The molecule has 0 aliphatic heterocycles. The smallest absolute Gasteiger partial charge is 0.346 e. The van der Waals surface area contributed by atoms with Gasteiger partial charge >= 0.3 is 5.97 Å². The zero-order chi connectivity index (χ0) is 18.3. The van der Waals surface area contributed by atoms with E-state index in [2.05, 4.69) is 4.74 Å². The molecule has 132 valence electrons. The lowest BCUT2D eigenvalue weighted by molar-refractivity contribution is -0.432. The maximum Gasteiger partial charge on any atom is 0.346 e. The molecule has 24 heavy (non-hydrogen) atoms. The normalized spacial score (nSPS) is 12.3. The molecular formula is C15H19NO8. The van der Waals surface area contributed by atoms with Gasteiger partial charge in [0.25, 0.3) is 5.70 Å². The molecule has 0 aromatic heterocycles. The number of nitrogens with zero attached hydrogens (tertiary/aromatic N) is 1. The predicted octanol–water partition coefficient (Wildman–Crippen LogP) is 1.25.